The quantitative estimate of drug-likeness (QED) is 0.705. The number of halogens is 1. The van der Waals surface area contributed by atoms with E-state index in [1.807, 2.05) is 13.0 Å². The molecule has 0 fully saturated rings. The molecule has 2 heterocycles. The minimum atomic E-state index is 0.473. The van der Waals surface area contributed by atoms with Crippen LogP contribution in [0.5, 0.6) is 5.75 Å². The van der Waals surface area contributed by atoms with Crippen LogP contribution in [0.1, 0.15) is 5.76 Å². The molecule has 13 heavy (non-hydrogen) atoms. The molecule has 0 aliphatic rings. The molecule has 2 rings (SSSR count). The lowest BCUT2D eigenvalue weighted by Crippen LogP contribution is -1.85. The summed E-state index contributed by atoms with van der Waals surface area (Å²) < 4.78 is 10.4. The summed E-state index contributed by atoms with van der Waals surface area (Å²) in [5.74, 6) is 1.32. The van der Waals surface area contributed by atoms with Crippen LogP contribution in [0, 0.1) is 6.92 Å². The lowest BCUT2D eigenvalue weighted by molar-refractivity contribution is 0.413. The number of aromatic nitrogens is 1. The van der Waals surface area contributed by atoms with Crippen LogP contribution < -0.4 is 4.74 Å². The van der Waals surface area contributed by atoms with Crippen molar-refractivity contribution in [2.45, 2.75) is 6.92 Å². The van der Waals surface area contributed by atoms with Crippen LogP contribution in [-0.4, -0.2) is 12.1 Å². The topological polar surface area (TPSA) is 35.3 Å². The summed E-state index contributed by atoms with van der Waals surface area (Å²) in [6.45, 7) is 1.85. The molecule has 0 spiro atoms. The first kappa shape index (κ1) is 8.38. The van der Waals surface area contributed by atoms with Crippen molar-refractivity contribution in [2.75, 3.05) is 7.11 Å². The molecule has 0 radical (unpaired) electrons. The number of fused-ring (bicyclic) bond motifs is 1. The standard InChI is InChI=1S/C9H8ClNO2/c1-5-3-6-9(13-5)8(10)7(12-2)4-11-6/h3-4H,1-2H3. The molecule has 0 N–H and O–H groups in total. The van der Waals surface area contributed by atoms with Gasteiger partial charge in [0, 0.05) is 6.07 Å². The van der Waals surface area contributed by atoms with Gasteiger partial charge in [0.25, 0.3) is 0 Å². The first-order valence-corrected chi connectivity index (χ1v) is 4.19. The Morgan fingerprint density at radius 3 is 3.00 bits per heavy atom. The predicted molar refractivity (Wildman–Crippen MR) is 50.3 cm³/mol. The average molecular weight is 198 g/mol. The van der Waals surface area contributed by atoms with Gasteiger partial charge in [-0.05, 0) is 6.92 Å². The molecule has 0 aliphatic carbocycles. The van der Waals surface area contributed by atoms with Crippen molar-refractivity contribution in [2.24, 2.45) is 0 Å². The fourth-order valence-corrected chi connectivity index (χ4v) is 1.45. The smallest absolute Gasteiger partial charge is 0.175 e. The van der Waals surface area contributed by atoms with Gasteiger partial charge in [0.1, 0.15) is 16.3 Å². The highest BCUT2D eigenvalue weighted by molar-refractivity contribution is 6.36. The van der Waals surface area contributed by atoms with Crippen molar-refractivity contribution in [1.82, 2.24) is 4.98 Å². The monoisotopic (exact) mass is 197 g/mol. The molecule has 0 saturated carbocycles. The third-order valence-corrected chi connectivity index (χ3v) is 2.15. The van der Waals surface area contributed by atoms with E-state index in [2.05, 4.69) is 4.98 Å². The molecule has 0 amide bonds. The lowest BCUT2D eigenvalue weighted by atomic mass is 10.3. The Morgan fingerprint density at radius 2 is 2.31 bits per heavy atom. The number of pyridine rings is 1. The predicted octanol–water partition coefficient (Wildman–Crippen LogP) is 2.80. The molecule has 68 valence electrons. The molecular formula is C9H8ClNO2. The molecule has 0 atom stereocenters. The summed E-state index contributed by atoms with van der Waals surface area (Å²) >= 11 is 6.00. The Morgan fingerprint density at radius 1 is 1.54 bits per heavy atom. The van der Waals surface area contributed by atoms with Gasteiger partial charge in [0.15, 0.2) is 11.3 Å². The summed E-state index contributed by atoms with van der Waals surface area (Å²) in [4.78, 5) is 4.13. The summed E-state index contributed by atoms with van der Waals surface area (Å²) in [7, 11) is 1.55. The molecule has 0 unspecified atom stereocenters. The maximum absolute atomic E-state index is 6.00. The first-order chi connectivity index (χ1) is 6.22. The van der Waals surface area contributed by atoms with E-state index in [1.165, 1.54) is 0 Å². The van der Waals surface area contributed by atoms with E-state index < -0.39 is 0 Å². The van der Waals surface area contributed by atoms with Crippen LogP contribution in [0.4, 0.5) is 0 Å². The minimum Gasteiger partial charge on any atom is -0.493 e. The second-order valence-electron chi connectivity index (χ2n) is 2.71. The highest BCUT2D eigenvalue weighted by Crippen LogP contribution is 2.32. The van der Waals surface area contributed by atoms with Crippen LogP contribution in [-0.2, 0) is 0 Å². The van der Waals surface area contributed by atoms with Crippen LogP contribution >= 0.6 is 11.6 Å². The number of methoxy groups -OCH3 is 1. The Bertz CT molecular complexity index is 450. The normalized spacial score (nSPS) is 10.7. The summed E-state index contributed by atoms with van der Waals surface area (Å²) in [5.41, 5.74) is 1.34. The second-order valence-corrected chi connectivity index (χ2v) is 3.09. The van der Waals surface area contributed by atoms with E-state index in [-0.39, 0.29) is 0 Å². The van der Waals surface area contributed by atoms with Gasteiger partial charge < -0.3 is 9.15 Å². The van der Waals surface area contributed by atoms with E-state index >= 15 is 0 Å². The number of furan rings is 1. The third-order valence-electron chi connectivity index (χ3n) is 1.79. The van der Waals surface area contributed by atoms with Gasteiger partial charge in [0.2, 0.25) is 0 Å². The summed E-state index contributed by atoms with van der Waals surface area (Å²) in [5, 5.41) is 0.473. The zero-order valence-electron chi connectivity index (χ0n) is 7.30. The molecule has 3 nitrogen and oxygen atoms in total. The molecule has 2 aromatic heterocycles. The molecule has 0 bridgehead atoms. The Kier molecular flexibility index (Phi) is 1.88. The minimum absolute atomic E-state index is 0.473. The second kappa shape index (κ2) is 2.92. The fourth-order valence-electron chi connectivity index (χ4n) is 1.19. The Labute approximate surface area is 80.3 Å². The van der Waals surface area contributed by atoms with Crippen molar-refractivity contribution in [3.63, 3.8) is 0 Å². The largest absolute Gasteiger partial charge is 0.493 e. The highest BCUT2D eigenvalue weighted by Gasteiger charge is 2.10. The van der Waals surface area contributed by atoms with E-state index in [1.54, 1.807) is 13.3 Å². The number of nitrogens with zero attached hydrogens (tertiary/aromatic N) is 1. The van der Waals surface area contributed by atoms with Crippen LogP contribution in [0.25, 0.3) is 11.1 Å². The van der Waals surface area contributed by atoms with Gasteiger partial charge in [-0.25, -0.2) is 4.98 Å². The van der Waals surface area contributed by atoms with E-state index in [0.717, 1.165) is 11.3 Å². The molecule has 4 heteroatoms. The van der Waals surface area contributed by atoms with E-state index in [9.17, 15) is 0 Å². The fraction of sp³-hybridized carbons (Fsp3) is 0.222. The van der Waals surface area contributed by atoms with Crippen LogP contribution in [0.15, 0.2) is 16.7 Å². The van der Waals surface area contributed by atoms with Gasteiger partial charge in [0.05, 0.1) is 13.3 Å². The zero-order chi connectivity index (χ0) is 9.42. The summed E-state index contributed by atoms with van der Waals surface area (Å²) in [6.07, 6.45) is 1.58. The molecular weight excluding hydrogens is 190 g/mol. The van der Waals surface area contributed by atoms with Gasteiger partial charge in [-0.1, -0.05) is 11.6 Å². The zero-order valence-corrected chi connectivity index (χ0v) is 8.05. The average Bonchev–Trinajstić information content (AvgIpc) is 2.47. The maximum atomic E-state index is 6.00. The lowest BCUT2D eigenvalue weighted by Gasteiger charge is -2.00. The SMILES string of the molecule is COc1cnc2cc(C)oc2c1Cl. The van der Waals surface area contributed by atoms with Gasteiger partial charge >= 0.3 is 0 Å². The van der Waals surface area contributed by atoms with Crippen molar-refractivity contribution in [3.8, 4) is 5.75 Å². The number of hydrogen-bond donors (Lipinski definition) is 0. The number of rotatable bonds is 1. The van der Waals surface area contributed by atoms with Crippen molar-refractivity contribution in [3.05, 3.63) is 23.0 Å². The first-order valence-electron chi connectivity index (χ1n) is 3.81. The number of hydrogen-bond acceptors (Lipinski definition) is 3. The summed E-state index contributed by atoms with van der Waals surface area (Å²) in [6, 6.07) is 1.83. The Hall–Kier alpha value is -1.22. The molecule has 2 aromatic rings. The van der Waals surface area contributed by atoms with Gasteiger partial charge in [-0.2, -0.15) is 0 Å². The maximum Gasteiger partial charge on any atom is 0.175 e. The molecule has 0 aromatic carbocycles. The number of aryl methyl sites for hydroxylation is 1. The molecule has 0 saturated heterocycles. The van der Waals surface area contributed by atoms with Crippen molar-refractivity contribution < 1.29 is 9.15 Å². The van der Waals surface area contributed by atoms with Crippen molar-refractivity contribution >= 4 is 22.7 Å². The van der Waals surface area contributed by atoms with Gasteiger partial charge in [-0.3, -0.25) is 0 Å². The Balaban J connectivity index is 2.78. The van der Waals surface area contributed by atoms with Crippen molar-refractivity contribution in [1.29, 1.82) is 0 Å². The van der Waals surface area contributed by atoms with Crippen LogP contribution in [0.3, 0.4) is 0 Å². The van der Waals surface area contributed by atoms with E-state index in [4.69, 9.17) is 20.8 Å². The molecule has 0 aliphatic heterocycles. The van der Waals surface area contributed by atoms with E-state index in [0.29, 0.717) is 16.4 Å². The van der Waals surface area contributed by atoms with Crippen LogP contribution in [0.2, 0.25) is 5.02 Å². The third kappa shape index (κ3) is 1.25. The highest BCUT2D eigenvalue weighted by atomic mass is 35.5. The number of ether oxygens (including phenoxy) is 1. The van der Waals surface area contributed by atoms with Gasteiger partial charge in [-0.15, -0.1) is 0 Å².